The third kappa shape index (κ3) is 2.55. The van der Waals surface area contributed by atoms with E-state index in [1.54, 1.807) is 0 Å². The molecule has 1 aliphatic heterocycles. The van der Waals surface area contributed by atoms with Crippen LogP contribution in [0.2, 0.25) is 0 Å². The molecule has 0 spiro atoms. The Hall–Kier alpha value is -1.77. The Balaban J connectivity index is 2.09. The Bertz CT molecular complexity index is 427. The van der Waals surface area contributed by atoms with Crippen molar-refractivity contribution in [2.75, 3.05) is 19.6 Å². The van der Waals surface area contributed by atoms with Crippen molar-refractivity contribution in [3.63, 3.8) is 0 Å². The van der Waals surface area contributed by atoms with Gasteiger partial charge in [0.05, 0.1) is 6.04 Å². The van der Waals surface area contributed by atoms with Gasteiger partial charge in [0.15, 0.2) is 0 Å². The Morgan fingerprint density at radius 1 is 1.22 bits per heavy atom. The molecule has 96 valence electrons. The van der Waals surface area contributed by atoms with Crippen molar-refractivity contribution in [2.24, 2.45) is 0 Å². The van der Waals surface area contributed by atoms with Crippen molar-refractivity contribution in [3.05, 3.63) is 42.0 Å². The Labute approximate surface area is 109 Å². The van der Waals surface area contributed by atoms with Gasteiger partial charge in [-0.25, -0.2) is 4.79 Å². The van der Waals surface area contributed by atoms with Crippen LogP contribution in [0.1, 0.15) is 19.4 Å². The highest BCUT2D eigenvalue weighted by Crippen LogP contribution is 2.17. The zero-order valence-corrected chi connectivity index (χ0v) is 11.0. The number of likely N-dealkylation sites (N-methyl/N-ethyl adjacent to an activating group) is 2. The number of hydrogen-bond acceptors (Lipinski definition) is 1. The predicted molar refractivity (Wildman–Crippen MR) is 74.3 cm³/mol. The SMILES string of the molecule is CCN1CC(/C=C/c2ccccc2)N(CC)C1=O. The summed E-state index contributed by atoms with van der Waals surface area (Å²) in [7, 11) is 0. The number of carbonyl (C=O) groups excluding carboxylic acids is 1. The van der Waals surface area contributed by atoms with Crippen LogP contribution in [0.15, 0.2) is 36.4 Å². The van der Waals surface area contributed by atoms with Gasteiger partial charge in [0.2, 0.25) is 0 Å². The highest BCUT2D eigenvalue weighted by molar-refractivity contribution is 5.78. The molecule has 0 bridgehead atoms. The number of urea groups is 1. The molecule has 3 heteroatoms. The van der Waals surface area contributed by atoms with Crippen molar-refractivity contribution < 1.29 is 4.79 Å². The van der Waals surface area contributed by atoms with Gasteiger partial charge in [-0.2, -0.15) is 0 Å². The van der Waals surface area contributed by atoms with Crippen LogP contribution in [-0.4, -0.2) is 41.5 Å². The number of benzene rings is 1. The molecule has 1 aliphatic rings. The molecule has 1 fully saturated rings. The largest absolute Gasteiger partial charge is 0.323 e. The minimum absolute atomic E-state index is 0.155. The van der Waals surface area contributed by atoms with E-state index in [0.29, 0.717) is 0 Å². The monoisotopic (exact) mass is 244 g/mol. The summed E-state index contributed by atoms with van der Waals surface area (Å²) >= 11 is 0. The van der Waals surface area contributed by atoms with Crippen LogP contribution in [0, 0.1) is 0 Å². The summed E-state index contributed by atoms with van der Waals surface area (Å²) in [5, 5.41) is 0. The molecule has 0 aromatic heterocycles. The van der Waals surface area contributed by atoms with Crippen molar-refractivity contribution in [2.45, 2.75) is 19.9 Å². The van der Waals surface area contributed by atoms with Crippen LogP contribution >= 0.6 is 0 Å². The maximum Gasteiger partial charge on any atom is 0.320 e. The average Bonchev–Trinajstić information content (AvgIpc) is 2.73. The lowest BCUT2D eigenvalue weighted by Gasteiger charge is -2.18. The summed E-state index contributed by atoms with van der Waals surface area (Å²) in [4.78, 5) is 15.8. The molecule has 2 amide bonds. The molecule has 0 aliphatic carbocycles. The normalized spacial score (nSPS) is 20.1. The number of carbonyl (C=O) groups is 1. The van der Waals surface area contributed by atoms with E-state index in [1.807, 2.05) is 41.8 Å². The Morgan fingerprint density at radius 2 is 1.94 bits per heavy atom. The molecular weight excluding hydrogens is 224 g/mol. The Morgan fingerprint density at radius 3 is 2.56 bits per heavy atom. The average molecular weight is 244 g/mol. The van der Waals surface area contributed by atoms with Gasteiger partial charge in [-0.1, -0.05) is 42.5 Å². The molecule has 2 rings (SSSR count). The van der Waals surface area contributed by atoms with Crippen LogP contribution in [-0.2, 0) is 0 Å². The third-order valence-corrected chi connectivity index (χ3v) is 3.36. The number of rotatable bonds is 4. The van der Waals surface area contributed by atoms with Crippen LogP contribution in [0.25, 0.3) is 6.08 Å². The lowest BCUT2D eigenvalue weighted by molar-refractivity contribution is 0.193. The molecular formula is C15H20N2O. The Kier molecular flexibility index (Phi) is 4.03. The molecule has 1 atom stereocenters. The van der Waals surface area contributed by atoms with E-state index in [2.05, 4.69) is 24.3 Å². The molecule has 18 heavy (non-hydrogen) atoms. The summed E-state index contributed by atoms with van der Waals surface area (Å²) in [6, 6.07) is 10.5. The molecule has 1 aromatic rings. The second-order valence-corrected chi connectivity index (χ2v) is 4.44. The van der Waals surface area contributed by atoms with Crippen LogP contribution in [0.3, 0.4) is 0 Å². The molecule has 0 saturated carbocycles. The van der Waals surface area contributed by atoms with E-state index in [-0.39, 0.29) is 12.1 Å². The molecule has 1 aromatic carbocycles. The zero-order valence-electron chi connectivity index (χ0n) is 11.0. The summed E-state index contributed by atoms with van der Waals surface area (Å²) in [6.07, 6.45) is 4.23. The summed E-state index contributed by atoms with van der Waals surface area (Å²) in [5.41, 5.74) is 1.18. The summed E-state index contributed by atoms with van der Waals surface area (Å²) in [5.74, 6) is 0. The van der Waals surface area contributed by atoms with Crippen LogP contribution in [0.4, 0.5) is 4.79 Å². The fraction of sp³-hybridized carbons (Fsp3) is 0.400. The summed E-state index contributed by atoms with van der Waals surface area (Å²) in [6.45, 7) is 6.39. The highest BCUT2D eigenvalue weighted by atomic mass is 16.2. The van der Waals surface area contributed by atoms with E-state index in [0.717, 1.165) is 19.6 Å². The molecule has 0 radical (unpaired) electrons. The van der Waals surface area contributed by atoms with Crippen LogP contribution < -0.4 is 0 Å². The van der Waals surface area contributed by atoms with E-state index < -0.39 is 0 Å². The molecule has 0 N–H and O–H groups in total. The van der Waals surface area contributed by atoms with Gasteiger partial charge < -0.3 is 9.80 Å². The zero-order chi connectivity index (χ0) is 13.0. The minimum Gasteiger partial charge on any atom is -0.323 e. The molecule has 1 heterocycles. The first-order valence-electron chi connectivity index (χ1n) is 6.55. The van der Waals surface area contributed by atoms with Crippen molar-refractivity contribution in [3.8, 4) is 0 Å². The minimum atomic E-state index is 0.155. The maximum absolute atomic E-state index is 12.0. The first-order valence-corrected chi connectivity index (χ1v) is 6.55. The standard InChI is InChI=1S/C15H20N2O/c1-3-16-12-14(17(4-2)15(16)18)11-10-13-8-6-5-7-9-13/h5-11,14H,3-4,12H2,1-2H3/b11-10+. The van der Waals surface area contributed by atoms with Gasteiger partial charge in [-0.15, -0.1) is 0 Å². The lowest BCUT2D eigenvalue weighted by atomic mass is 10.1. The number of nitrogens with zero attached hydrogens (tertiary/aromatic N) is 2. The predicted octanol–water partition coefficient (Wildman–Crippen LogP) is 2.85. The number of hydrogen-bond donors (Lipinski definition) is 0. The van der Waals surface area contributed by atoms with Crippen LogP contribution in [0.5, 0.6) is 0 Å². The first-order chi connectivity index (χ1) is 8.76. The lowest BCUT2D eigenvalue weighted by Crippen LogP contribution is -2.33. The van der Waals surface area contributed by atoms with Gasteiger partial charge in [-0.3, -0.25) is 0 Å². The fourth-order valence-electron chi connectivity index (χ4n) is 2.31. The maximum atomic E-state index is 12.0. The van der Waals surface area contributed by atoms with E-state index in [9.17, 15) is 4.79 Å². The molecule has 3 nitrogen and oxygen atoms in total. The second kappa shape index (κ2) is 5.71. The van der Waals surface area contributed by atoms with Gasteiger partial charge in [0, 0.05) is 19.6 Å². The summed E-state index contributed by atoms with van der Waals surface area (Å²) < 4.78 is 0. The van der Waals surface area contributed by atoms with Gasteiger partial charge in [0.1, 0.15) is 0 Å². The third-order valence-electron chi connectivity index (χ3n) is 3.36. The topological polar surface area (TPSA) is 23.6 Å². The quantitative estimate of drug-likeness (QED) is 0.799. The van der Waals surface area contributed by atoms with E-state index in [1.165, 1.54) is 5.56 Å². The van der Waals surface area contributed by atoms with Crippen molar-refractivity contribution in [1.82, 2.24) is 9.80 Å². The number of amides is 2. The molecule has 1 unspecified atom stereocenters. The van der Waals surface area contributed by atoms with Crippen molar-refractivity contribution >= 4 is 12.1 Å². The van der Waals surface area contributed by atoms with Gasteiger partial charge >= 0.3 is 6.03 Å². The van der Waals surface area contributed by atoms with Gasteiger partial charge in [0.25, 0.3) is 0 Å². The van der Waals surface area contributed by atoms with Crippen molar-refractivity contribution in [1.29, 1.82) is 0 Å². The van der Waals surface area contributed by atoms with E-state index in [4.69, 9.17) is 0 Å². The smallest absolute Gasteiger partial charge is 0.320 e. The van der Waals surface area contributed by atoms with E-state index >= 15 is 0 Å². The fourth-order valence-corrected chi connectivity index (χ4v) is 2.31. The van der Waals surface area contributed by atoms with Gasteiger partial charge in [-0.05, 0) is 19.4 Å². The molecule has 1 saturated heterocycles. The first kappa shape index (κ1) is 12.7. The second-order valence-electron chi connectivity index (χ2n) is 4.44. The highest BCUT2D eigenvalue weighted by Gasteiger charge is 2.33.